The summed E-state index contributed by atoms with van der Waals surface area (Å²) in [4.78, 5) is 25.1. The third-order valence-electron chi connectivity index (χ3n) is 7.19. The van der Waals surface area contributed by atoms with Crippen LogP contribution in [-0.2, 0) is 19.4 Å². The number of ether oxygens (including phenoxy) is 2. The van der Waals surface area contributed by atoms with E-state index >= 15 is 0 Å². The normalized spacial score (nSPS) is 12.2. The number of para-hydroxylation sites is 1. The Kier molecular flexibility index (Phi) is 10.0. The highest BCUT2D eigenvalue weighted by Gasteiger charge is 2.31. The van der Waals surface area contributed by atoms with Crippen molar-refractivity contribution in [2.24, 2.45) is 5.92 Å². The fraction of sp³-hybridized carbons (Fsp3) is 0.171. The van der Waals surface area contributed by atoms with Gasteiger partial charge in [-0.2, -0.15) is 0 Å². The Morgan fingerprint density at radius 2 is 1.59 bits per heavy atom. The Morgan fingerprint density at radius 3 is 2.24 bits per heavy atom. The van der Waals surface area contributed by atoms with Crippen molar-refractivity contribution in [3.05, 3.63) is 142 Å². The number of alkyl halides is 3. The van der Waals surface area contributed by atoms with Crippen LogP contribution in [0.25, 0.3) is 17.5 Å². The number of aryl methyl sites for hydroxylation is 1. The van der Waals surface area contributed by atoms with Crippen molar-refractivity contribution < 1.29 is 37.1 Å². The molecule has 11 heteroatoms. The third kappa shape index (κ3) is 9.21. The molecule has 0 aliphatic rings. The SMILES string of the molecule is O=C(O)c1ccc(CCC(/C=C/c2ccccc2OCc2ccc(OC(F)(F)F)cc2)Cc2ccc(-c3noc(=O)[nH]3)cc2)cc1. The smallest absolute Gasteiger partial charge is 0.488 e. The van der Waals surface area contributed by atoms with Gasteiger partial charge in [-0.05, 0) is 72.2 Å². The van der Waals surface area contributed by atoms with Gasteiger partial charge in [0, 0.05) is 11.1 Å². The van der Waals surface area contributed by atoms with Gasteiger partial charge in [0.2, 0.25) is 0 Å². The molecule has 4 aromatic carbocycles. The van der Waals surface area contributed by atoms with Crippen LogP contribution >= 0.6 is 0 Å². The van der Waals surface area contributed by atoms with Crippen LogP contribution in [-0.4, -0.2) is 27.6 Å². The van der Waals surface area contributed by atoms with Gasteiger partial charge in [-0.25, -0.2) is 9.59 Å². The number of nitrogens with zero attached hydrogens (tertiary/aromatic N) is 1. The molecule has 1 atom stereocenters. The number of aromatic amines is 1. The second-order valence-corrected chi connectivity index (χ2v) is 10.5. The molecule has 46 heavy (non-hydrogen) atoms. The lowest BCUT2D eigenvalue weighted by Crippen LogP contribution is -2.17. The number of hydrogen-bond acceptors (Lipinski definition) is 6. The van der Waals surface area contributed by atoms with Crippen molar-refractivity contribution in [3.63, 3.8) is 0 Å². The summed E-state index contributed by atoms with van der Waals surface area (Å²) in [5.74, 6) is -0.849. The molecule has 0 amide bonds. The van der Waals surface area contributed by atoms with E-state index in [0.29, 0.717) is 29.1 Å². The van der Waals surface area contributed by atoms with E-state index in [1.54, 1.807) is 12.1 Å². The number of carboxylic acid groups (broad SMARTS) is 1. The van der Waals surface area contributed by atoms with Crippen LogP contribution in [0.15, 0.2) is 112 Å². The van der Waals surface area contributed by atoms with Gasteiger partial charge in [0.05, 0.1) is 5.56 Å². The number of carbonyl (C=O) groups is 1. The van der Waals surface area contributed by atoms with Gasteiger partial charge in [0.25, 0.3) is 0 Å². The van der Waals surface area contributed by atoms with Gasteiger partial charge < -0.3 is 14.6 Å². The summed E-state index contributed by atoms with van der Waals surface area (Å²) in [6.45, 7) is 0.149. The van der Waals surface area contributed by atoms with Crippen molar-refractivity contribution in [3.8, 4) is 22.9 Å². The largest absolute Gasteiger partial charge is 0.573 e. The molecule has 236 valence electrons. The molecule has 1 unspecified atom stereocenters. The number of H-pyrrole nitrogens is 1. The van der Waals surface area contributed by atoms with Crippen molar-refractivity contribution in [2.45, 2.75) is 32.2 Å². The molecule has 8 nitrogen and oxygen atoms in total. The molecule has 0 aliphatic carbocycles. The number of hydrogen-bond donors (Lipinski definition) is 2. The van der Waals surface area contributed by atoms with Crippen LogP contribution in [0, 0.1) is 5.92 Å². The summed E-state index contributed by atoms with van der Waals surface area (Å²) >= 11 is 0. The Balaban J connectivity index is 1.30. The molecular formula is C35H29F3N2O6. The van der Waals surface area contributed by atoms with Gasteiger partial charge in [-0.15, -0.1) is 13.2 Å². The summed E-state index contributed by atoms with van der Waals surface area (Å²) in [6.07, 6.45) is 1.54. The highest BCUT2D eigenvalue weighted by Crippen LogP contribution is 2.26. The minimum absolute atomic E-state index is 0.0890. The molecule has 1 aromatic heterocycles. The number of benzene rings is 4. The molecule has 5 aromatic rings. The zero-order valence-electron chi connectivity index (χ0n) is 24.4. The van der Waals surface area contributed by atoms with Gasteiger partial charge in [0.15, 0.2) is 5.82 Å². The maximum absolute atomic E-state index is 12.5. The number of aromatic carboxylic acids is 1. The molecule has 0 saturated carbocycles. The highest BCUT2D eigenvalue weighted by molar-refractivity contribution is 5.87. The van der Waals surface area contributed by atoms with E-state index in [2.05, 4.69) is 25.5 Å². The van der Waals surface area contributed by atoms with Crippen LogP contribution < -0.4 is 15.2 Å². The summed E-state index contributed by atoms with van der Waals surface area (Å²) in [6, 6.07) is 27.5. The molecule has 0 bridgehead atoms. The Labute approximate surface area is 261 Å². The van der Waals surface area contributed by atoms with Crippen LogP contribution in [0.3, 0.4) is 0 Å². The number of halogens is 3. The van der Waals surface area contributed by atoms with E-state index in [9.17, 15) is 27.9 Å². The Hall–Kier alpha value is -5.58. The van der Waals surface area contributed by atoms with E-state index in [-0.39, 0.29) is 23.8 Å². The van der Waals surface area contributed by atoms with Gasteiger partial charge >= 0.3 is 18.1 Å². The molecule has 5 rings (SSSR count). The van der Waals surface area contributed by atoms with Crippen molar-refractivity contribution in [2.75, 3.05) is 0 Å². The predicted molar refractivity (Wildman–Crippen MR) is 164 cm³/mol. The zero-order valence-corrected chi connectivity index (χ0v) is 24.4. The van der Waals surface area contributed by atoms with Gasteiger partial charge in [0.1, 0.15) is 18.1 Å². The van der Waals surface area contributed by atoms with Crippen LogP contribution in [0.2, 0.25) is 0 Å². The Morgan fingerprint density at radius 1 is 0.913 bits per heavy atom. The first-order valence-electron chi connectivity index (χ1n) is 14.3. The van der Waals surface area contributed by atoms with Crippen LogP contribution in [0.5, 0.6) is 11.5 Å². The fourth-order valence-electron chi connectivity index (χ4n) is 4.83. The summed E-state index contributed by atoms with van der Waals surface area (Å²) < 4.78 is 52.0. The van der Waals surface area contributed by atoms with Crippen molar-refractivity contribution in [1.29, 1.82) is 0 Å². The van der Waals surface area contributed by atoms with Crippen LogP contribution in [0.4, 0.5) is 13.2 Å². The maximum atomic E-state index is 12.5. The van der Waals surface area contributed by atoms with Crippen LogP contribution in [0.1, 0.15) is 39.0 Å². The second-order valence-electron chi connectivity index (χ2n) is 10.5. The molecule has 0 saturated heterocycles. The lowest BCUT2D eigenvalue weighted by molar-refractivity contribution is -0.274. The molecule has 0 fully saturated rings. The quantitative estimate of drug-likeness (QED) is 0.137. The van der Waals surface area contributed by atoms with Crippen molar-refractivity contribution >= 4 is 12.0 Å². The first-order valence-corrected chi connectivity index (χ1v) is 14.3. The molecule has 0 aliphatic heterocycles. The van der Waals surface area contributed by atoms with Gasteiger partial charge in [-0.3, -0.25) is 9.51 Å². The first-order chi connectivity index (χ1) is 22.1. The van der Waals surface area contributed by atoms with Gasteiger partial charge in [-0.1, -0.05) is 84.0 Å². The molecule has 0 radical (unpaired) electrons. The third-order valence-corrected chi connectivity index (χ3v) is 7.19. The lowest BCUT2D eigenvalue weighted by Gasteiger charge is -2.15. The zero-order chi connectivity index (χ0) is 32.5. The minimum Gasteiger partial charge on any atom is -0.488 e. The number of carboxylic acids is 1. The Bertz CT molecular complexity index is 1830. The molecule has 2 N–H and O–H groups in total. The van der Waals surface area contributed by atoms with E-state index in [1.165, 1.54) is 24.3 Å². The molecule has 1 heterocycles. The van der Waals surface area contributed by atoms with E-state index in [0.717, 1.165) is 29.5 Å². The number of allylic oxidation sites excluding steroid dienone is 1. The maximum Gasteiger partial charge on any atom is 0.573 e. The monoisotopic (exact) mass is 630 g/mol. The minimum atomic E-state index is -4.76. The number of aromatic nitrogens is 2. The first kappa shape index (κ1) is 31.8. The highest BCUT2D eigenvalue weighted by atomic mass is 19.4. The lowest BCUT2D eigenvalue weighted by atomic mass is 9.91. The average molecular weight is 631 g/mol. The summed E-state index contributed by atoms with van der Waals surface area (Å²) in [7, 11) is 0. The van der Waals surface area contributed by atoms with E-state index < -0.39 is 18.1 Å². The standard InChI is InChI=1S/C35H29F3N2O6/c36-35(37,38)45-30-19-12-26(13-20-30)22-44-31-4-2-1-3-27(31)14-9-24(6-5-23-7-17-29(18-8-23)33(41)42)21-25-10-15-28(16-11-25)32-39-34(43)46-40-32/h1-4,7-20,24H,5-6,21-22H2,(H,41,42)(H,39,40,43)/b14-9+. The summed E-state index contributed by atoms with van der Waals surface area (Å²) in [5, 5.41) is 12.9. The van der Waals surface area contributed by atoms with E-state index in [1.807, 2.05) is 66.7 Å². The molecular weight excluding hydrogens is 601 g/mol. The predicted octanol–water partition coefficient (Wildman–Crippen LogP) is 7.71. The van der Waals surface area contributed by atoms with E-state index in [4.69, 9.17) is 4.74 Å². The number of nitrogens with one attached hydrogen (secondary N) is 1. The average Bonchev–Trinajstić information content (AvgIpc) is 3.48. The topological polar surface area (TPSA) is 115 Å². The van der Waals surface area contributed by atoms with Crippen molar-refractivity contribution in [1.82, 2.24) is 10.1 Å². The molecule has 0 spiro atoms. The fourth-order valence-corrected chi connectivity index (χ4v) is 4.83. The number of rotatable bonds is 13. The second kappa shape index (κ2) is 14.5. The summed E-state index contributed by atoms with van der Waals surface area (Å²) in [5.41, 5.74) is 4.54.